The van der Waals surface area contributed by atoms with E-state index in [1.165, 1.54) is 11.1 Å². The molecular formula is C15H20N4. The SMILES string of the molecule is Cc1ccc(-c2cnc(N(C)CCN)nc2)cc1C. The molecule has 0 aliphatic carbocycles. The molecule has 0 bridgehead atoms. The van der Waals surface area contributed by atoms with E-state index < -0.39 is 0 Å². The zero-order valence-corrected chi connectivity index (χ0v) is 11.7. The number of nitrogens with two attached hydrogens (primary N) is 1. The Hall–Kier alpha value is -1.94. The van der Waals surface area contributed by atoms with Crippen LogP contribution >= 0.6 is 0 Å². The van der Waals surface area contributed by atoms with E-state index in [0.717, 1.165) is 17.7 Å². The summed E-state index contributed by atoms with van der Waals surface area (Å²) >= 11 is 0. The molecule has 1 heterocycles. The van der Waals surface area contributed by atoms with Gasteiger partial charge in [0.05, 0.1) is 0 Å². The van der Waals surface area contributed by atoms with Crippen LogP contribution < -0.4 is 10.6 Å². The number of hydrogen-bond donors (Lipinski definition) is 1. The first kappa shape index (κ1) is 13.5. The third-order valence-corrected chi connectivity index (χ3v) is 3.28. The van der Waals surface area contributed by atoms with E-state index in [2.05, 4.69) is 42.0 Å². The molecule has 0 aliphatic heterocycles. The zero-order valence-electron chi connectivity index (χ0n) is 11.7. The number of anilines is 1. The molecule has 1 aromatic heterocycles. The molecule has 4 heteroatoms. The second kappa shape index (κ2) is 5.80. The van der Waals surface area contributed by atoms with Gasteiger partial charge in [0.25, 0.3) is 0 Å². The molecule has 0 saturated heterocycles. The van der Waals surface area contributed by atoms with Crippen LogP contribution in [0.1, 0.15) is 11.1 Å². The van der Waals surface area contributed by atoms with Crippen LogP contribution in [0, 0.1) is 13.8 Å². The second-order valence-electron chi connectivity index (χ2n) is 4.78. The lowest BCUT2D eigenvalue weighted by Crippen LogP contribution is -2.26. The first-order valence-corrected chi connectivity index (χ1v) is 6.42. The molecule has 0 radical (unpaired) electrons. The summed E-state index contributed by atoms with van der Waals surface area (Å²) in [5.74, 6) is 0.707. The Bertz CT molecular complexity index is 549. The fraction of sp³-hybridized carbons (Fsp3) is 0.333. The van der Waals surface area contributed by atoms with E-state index in [1.807, 2.05) is 24.3 Å². The predicted molar refractivity (Wildman–Crippen MR) is 79.3 cm³/mol. The molecule has 1 aromatic carbocycles. The highest BCUT2D eigenvalue weighted by Crippen LogP contribution is 2.21. The number of aryl methyl sites for hydroxylation is 2. The van der Waals surface area contributed by atoms with Crippen LogP contribution in [0.4, 0.5) is 5.95 Å². The summed E-state index contributed by atoms with van der Waals surface area (Å²) in [4.78, 5) is 10.7. The van der Waals surface area contributed by atoms with Crippen LogP contribution in [0.3, 0.4) is 0 Å². The molecule has 2 aromatic rings. The summed E-state index contributed by atoms with van der Waals surface area (Å²) in [5.41, 5.74) is 10.3. The maximum absolute atomic E-state index is 5.52. The molecule has 0 saturated carbocycles. The van der Waals surface area contributed by atoms with Crippen molar-refractivity contribution in [1.29, 1.82) is 0 Å². The number of benzene rings is 1. The van der Waals surface area contributed by atoms with Crippen molar-refractivity contribution in [2.45, 2.75) is 13.8 Å². The van der Waals surface area contributed by atoms with Crippen molar-refractivity contribution in [3.05, 3.63) is 41.7 Å². The monoisotopic (exact) mass is 256 g/mol. The normalized spacial score (nSPS) is 10.5. The third-order valence-electron chi connectivity index (χ3n) is 3.28. The van der Waals surface area contributed by atoms with E-state index in [-0.39, 0.29) is 0 Å². The summed E-state index contributed by atoms with van der Waals surface area (Å²) in [6.45, 7) is 5.57. The molecule has 0 fully saturated rings. The van der Waals surface area contributed by atoms with E-state index in [0.29, 0.717) is 12.5 Å². The average molecular weight is 256 g/mol. The Kier molecular flexibility index (Phi) is 4.12. The summed E-state index contributed by atoms with van der Waals surface area (Å²) in [7, 11) is 1.94. The number of nitrogens with zero attached hydrogens (tertiary/aromatic N) is 3. The zero-order chi connectivity index (χ0) is 13.8. The van der Waals surface area contributed by atoms with Crippen molar-refractivity contribution < 1.29 is 0 Å². The van der Waals surface area contributed by atoms with Crippen molar-refractivity contribution in [2.24, 2.45) is 5.73 Å². The average Bonchev–Trinajstić information content (AvgIpc) is 2.42. The van der Waals surface area contributed by atoms with Gasteiger partial charge < -0.3 is 10.6 Å². The van der Waals surface area contributed by atoms with Gasteiger partial charge in [0.2, 0.25) is 5.95 Å². The maximum Gasteiger partial charge on any atom is 0.225 e. The minimum Gasteiger partial charge on any atom is -0.343 e. The Balaban J connectivity index is 2.24. The van der Waals surface area contributed by atoms with Gasteiger partial charge in [-0.2, -0.15) is 0 Å². The molecule has 0 amide bonds. The Labute approximate surface area is 114 Å². The maximum atomic E-state index is 5.52. The van der Waals surface area contributed by atoms with Crippen molar-refractivity contribution in [1.82, 2.24) is 9.97 Å². The number of aromatic nitrogens is 2. The molecule has 19 heavy (non-hydrogen) atoms. The van der Waals surface area contributed by atoms with E-state index in [1.54, 1.807) is 0 Å². The molecule has 0 atom stereocenters. The van der Waals surface area contributed by atoms with Gasteiger partial charge in [-0.1, -0.05) is 18.2 Å². The second-order valence-corrected chi connectivity index (χ2v) is 4.78. The van der Waals surface area contributed by atoms with E-state index >= 15 is 0 Å². The molecule has 0 aliphatic rings. The summed E-state index contributed by atoms with van der Waals surface area (Å²) < 4.78 is 0. The molecule has 0 spiro atoms. The summed E-state index contributed by atoms with van der Waals surface area (Å²) in [5, 5.41) is 0. The van der Waals surface area contributed by atoms with Crippen LogP contribution in [0.15, 0.2) is 30.6 Å². The molecule has 4 nitrogen and oxygen atoms in total. The van der Waals surface area contributed by atoms with Crippen molar-refractivity contribution in [2.75, 3.05) is 25.0 Å². The Morgan fingerprint density at radius 3 is 2.32 bits per heavy atom. The quantitative estimate of drug-likeness (QED) is 0.910. The van der Waals surface area contributed by atoms with Gasteiger partial charge in [0.15, 0.2) is 0 Å². The Morgan fingerprint density at radius 1 is 1.05 bits per heavy atom. The van der Waals surface area contributed by atoms with Gasteiger partial charge in [0, 0.05) is 38.1 Å². The summed E-state index contributed by atoms with van der Waals surface area (Å²) in [6, 6.07) is 6.39. The fourth-order valence-corrected chi connectivity index (χ4v) is 1.88. The van der Waals surface area contributed by atoms with Crippen LogP contribution in [0.25, 0.3) is 11.1 Å². The van der Waals surface area contributed by atoms with Crippen LogP contribution in [0.5, 0.6) is 0 Å². The number of hydrogen-bond acceptors (Lipinski definition) is 4. The molecule has 0 unspecified atom stereocenters. The highest BCUT2D eigenvalue weighted by Gasteiger charge is 2.05. The van der Waals surface area contributed by atoms with Crippen molar-refractivity contribution in [3.8, 4) is 11.1 Å². The van der Waals surface area contributed by atoms with Gasteiger partial charge in [-0.15, -0.1) is 0 Å². The standard InChI is InChI=1S/C15H20N4/c1-11-4-5-13(8-12(11)2)14-9-17-15(18-10-14)19(3)7-6-16/h4-5,8-10H,6-7,16H2,1-3H3. The van der Waals surface area contributed by atoms with Crippen LogP contribution in [-0.4, -0.2) is 30.1 Å². The van der Waals surface area contributed by atoms with Gasteiger partial charge >= 0.3 is 0 Å². The lowest BCUT2D eigenvalue weighted by molar-refractivity contribution is 0.846. The number of rotatable bonds is 4. The first-order chi connectivity index (χ1) is 9.11. The van der Waals surface area contributed by atoms with Crippen LogP contribution in [0.2, 0.25) is 0 Å². The fourth-order valence-electron chi connectivity index (χ4n) is 1.88. The predicted octanol–water partition coefficient (Wildman–Crippen LogP) is 2.16. The minimum absolute atomic E-state index is 0.596. The smallest absolute Gasteiger partial charge is 0.225 e. The Morgan fingerprint density at radius 2 is 1.74 bits per heavy atom. The van der Waals surface area contributed by atoms with Gasteiger partial charge in [-0.05, 0) is 30.5 Å². The highest BCUT2D eigenvalue weighted by atomic mass is 15.2. The molecule has 2 N–H and O–H groups in total. The molecule has 100 valence electrons. The lowest BCUT2D eigenvalue weighted by Gasteiger charge is -2.15. The van der Waals surface area contributed by atoms with Crippen molar-refractivity contribution in [3.63, 3.8) is 0 Å². The van der Waals surface area contributed by atoms with E-state index in [9.17, 15) is 0 Å². The van der Waals surface area contributed by atoms with Gasteiger partial charge in [-0.25, -0.2) is 9.97 Å². The van der Waals surface area contributed by atoms with E-state index in [4.69, 9.17) is 5.73 Å². The topological polar surface area (TPSA) is 55.0 Å². The first-order valence-electron chi connectivity index (χ1n) is 6.42. The summed E-state index contributed by atoms with van der Waals surface area (Å²) in [6.07, 6.45) is 3.72. The molecule has 2 rings (SSSR count). The van der Waals surface area contributed by atoms with Crippen LogP contribution in [-0.2, 0) is 0 Å². The number of likely N-dealkylation sites (N-methyl/N-ethyl adjacent to an activating group) is 1. The third kappa shape index (κ3) is 3.09. The minimum atomic E-state index is 0.596. The highest BCUT2D eigenvalue weighted by molar-refractivity contribution is 5.63. The largest absolute Gasteiger partial charge is 0.343 e. The molecular weight excluding hydrogens is 236 g/mol. The van der Waals surface area contributed by atoms with Crippen molar-refractivity contribution >= 4 is 5.95 Å². The lowest BCUT2D eigenvalue weighted by atomic mass is 10.0. The van der Waals surface area contributed by atoms with Gasteiger partial charge in [-0.3, -0.25) is 0 Å². The van der Waals surface area contributed by atoms with Gasteiger partial charge in [0.1, 0.15) is 0 Å².